The van der Waals surface area contributed by atoms with Gasteiger partial charge < -0.3 is 0 Å². The van der Waals surface area contributed by atoms with Crippen LogP contribution in [0.25, 0.3) is 0 Å². The first-order valence-corrected chi connectivity index (χ1v) is 6.71. The first-order chi connectivity index (χ1) is 8.66. The third-order valence-corrected chi connectivity index (χ3v) is 3.19. The number of rotatable bonds is 4. The molecule has 0 N–H and O–H groups in total. The van der Waals surface area contributed by atoms with E-state index in [-0.39, 0.29) is 0 Å². The Kier molecular flexibility index (Phi) is 3.96. The number of benzene rings is 2. The van der Waals surface area contributed by atoms with Crippen molar-refractivity contribution in [1.29, 1.82) is 0 Å². The van der Waals surface area contributed by atoms with Crippen LogP contribution >= 0.6 is 8.25 Å². The summed E-state index contributed by atoms with van der Waals surface area (Å²) < 4.78 is 22.4. The molecule has 0 aliphatic carbocycles. The first kappa shape index (κ1) is 12.6. The molecule has 1 unspecified atom stereocenters. The van der Waals surface area contributed by atoms with Crippen LogP contribution in [0.5, 0.6) is 11.5 Å². The molecule has 0 aliphatic rings. The molecule has 2 aromatic rings. The average molecular weight is 261 g/mol. The zero-order chi connectivity index (χ0) is 13.0. The lowest BCUT2D eigenvalue weighted by molar-refractivity contribution is 0.413. The van der Waals surface area contributed by atoms with Crippen molar-refractivity contribution >= 4 is 8.25 Å². The lowest BCUT2D eigenvalue weighted by Crippen LogP contribution is -1.93. The summed E-state index contributed by atoms with van der Waals surface area (Å²) in [4.78, 5) is 0. The maximum atomic E-state index is 11.8. The Hall–Kier alpha value is -1.86. The molecule has 0 saturated heterocycles. The third-order valence-electron chi connectivity index (χ3n) is 2.50. The van der Waals surface area contributed by atoms with Crippen molar-refractivity contribution < 1.29 is 13.6 Å². The summed E-state index contributed by atoms with van der Waals surface area (Å²) in [5.74, 6) is 1.15. The second kappa shape index (κ2) is 5.65. The van der Waals surface area contributed by atoms with Gasteiger partial charge >= 0.3 is 8.25 Å². The van der Waals surface area contributed by atoms with E-state index in [1.54, 1.807) is 12.1 Å². The Bertz CT molecular complexity index is 532. The van der Waals surface area contributed by atoms with Crippen LogP contribution in [0, 0.1) is 13.8 Å². The minimum absolute atomic E-state index is 0.532. The fourth-order valence-corrected chi connectivity index (χ4v) is 2.37. The van der Waals surface area contributed by atoms with Gasteiger partial charge in [0.05, 0.1) is 0 Å². The van der Waals surface area contributed by atoms with Gasteiger partial charge in [0.15, 0.2) is 11.5 Å². The highest BCUT2D eigenvalue weighted by Crippen LogP contribution is 2.34. The number of hydrogen-bond acceptors (Lipinski definition) is 3. The largest absolute Gasteiger partial charge is 0.805 e. The van der Waals surface area contributed by atoms with Gasteiger partial charge in [-0.15, -0.1) is 0 Å². The molecular formula is C14H14O3P+. The standard InChI is InChI=1S/C14H14O3P/c1-11-7-6-8-12(2)14(11)17-18(15)16-13-9-4-3-5-10-13/h3-10H,1-2H3/q+1. The van der Waals surface area contributed by atoms with Crippen LogP contribution in [0.3, 0.4) is 0 Å². The summed E-state index contributed by atoms with van der Waals surface area (Å²) in [5, 5.41) is 0. The zero-order valence-electron chi connectivity index (χ0n) is 10.3. The van der Waals surface area contributed by atoms with E-state index in [2.05, 4.69) is 0 Å². The summed E-state index contributed by atoms with van der Waals surface area (Å²) >= 11 is 0. The molecule has 0 aliphatic heterocycles. The molecule has 92 valence electrons. The Labute approximate surface area is 107 Å². The molecule has 0 saturated carbocycles. The molecule has 0 fully saturated rings. The Morgan fingerprint density at radius 1 is 0.833 bits per heavy atom. The average Bonchev–Trinajstić information content (AvgIpc) is 2.35. The van der Waals surface area contributed by atoms with Gasteiger partial charge in [-0.3, -0.25) is 0 Å². The number of para-hydroxylation sites is 2. The molecule has 0 bridgehead atoms. The predicted octanol–water partition coefficient (Wildman–Crippen LogP) is 4.42. The van der Waals surface area contributed by atoms with Crippen molar-refractivity contribution in [2.24, 2.45) is 0 Å². The van der Waals surface area contributed by atoms with Crippen LogP contribution in [0.1, 0.15) is 11.1 Å². The molecule has 0 aromatic heterocycles. The predicted molar refractivity (Wildman–Crippen MR) is 71.2 cm³/mol. The van der Waals surface area contributed by atoms with Crippen LogP contribution < -0.4 is 9.05 Å². The van der Waals surface area contributed by atoms with Crippen LogP contribution in [-0.2, 0) is 4.57 Å². The van der Waals surface area contributed by atoms with Crippen molar-refractivity contribution in [2.75, 3.05) is 0 Å². The minimum atomic E-state index is -2.22. The maximum Gasteiger partial charge on any atom is 0.805 e. The lowest BCUT2D eigenvalue weighted by atomic mass is 10.1. The highest BCUT2D eigenvalue weighted by atomic mass is 31.1. The van der Waals surface area contributed by atoms with Crippen molar-refractivity contribution in [3.63, 3.8) is 0 Å². The Morgan fingerprint density at radius 3 is 2.06 bits per heavy atom. The van der Waals surface area contributed by atoms with Gasteiger partial charge in [-0.25, -0.2) is 9.05 Å². The van der Waals surface area contributed by atoms with Crippen LogP contribution in [0.15, 0.2) is 48.5 Å². The summed E-state index contributed by atoms with van der Waals surface area (Å²) in [7, 11) is -2.22. The van der Waals surface area contributed by atoms with E-state index in [0.717, 1.165) is 11.1 Å². The van der Waals surface area contributed by atoms with Gasteiger partial charge in [0.1, 0.15) is 0 Å². The van der Waals surface area contributed by atoms with E-state index in [4.69, 9.17) is 9.05 Å². The first-order valence-electron chi connectivity index (χ1n) is 5.61. The fraction of sp³-hybridized carbons (Fsp3) is 0.143. The molecule has 1 atom stereocenters. The van der Waals surface area contributed by atoms with Gasteiger partial charge in [0.2, 0.25) is 0 Å². The van der Waals surface area contributed by atoms with E-state index in [1.807, 2.05) is 50.2 Å². The molecular weight excluding hydrogens is 247 g/mol. The van der Waals surface area contributed by atoms with E-state index < -0.39 is 8.25 Å². The van der Waals surface area contributed by atoms with Crippen molar-refractivity contribution in [3.05, 3.63) is 59.7 Å². The zero-order valence-corrected chi connectivity index (χ0v) is 11.2. The normalized spacial score (nSPS) is 10.9. The van der Waals surface area contributed by atoms with E-state index in [1.165, 1.54) is 0 Å². The molecule has 2 aromatic carbocycles. The fourth-order valence-electron chi connectivity index (χ4n) is 1.60. The van der Waals surface area contributed by atoms with E-state index in [0.29, 0.717) is 11.5 Å². The smallest absolute Gasteiger partial charge is 0.222 e. The van der Waals surface area contributed by atoms with Gasteiger partial charge in [-0.05, 0) is 37.1 Å². The lowest BCUT2D eigenvalue weighted by Gasteiger charge is -2.01. The third kappa shape index (κ3) is 3.08. The molecule has 3 nitrogen and oxygen atoms in total. The van der Waals surface area contributed by atoms with E-state index in [9.17, 15) is 4.57 Å². The van der Waals surface area contributed by atoms with E-state index >= 15 is 0 Å². The number of hydrogen-bond donors (Lipinski definition) is 0. The summed E-state index contributed by atoms with van der Waals surface area (Å²) in [6.45, 7) is 3.82. The van der Waals surface area contributed by atoms with Crippen molar-refractivity contribution in [3.8, 4) is 11.5 Å². The molecule has 4 heteroatoms. The maximum absolute atomic E-state index is 11.8. The van der Waals surface area contributed by atoms with Gasteiger partial charge in [0.25, 0.3) is 0 Å². The van der Waals surface area contributed by atoms with Crippen LogP contribution in [-0.4, -0.2) is 0 Å². The molecule has 0 spiro atoms. The quantitative estimate of drug-likeness (QED) is 0.764. The second-order valence-corrected chi connectivity index (χ2v) is 4.75. The second-order valence-electron chi connectivity index (χ2n) is 3.94. The molecule has 2 rings (SSSR count). The Morgan fingerprint density at radius 2 is 1.44 bits per heavy atom. The Balaban J connectivity index is 2.08. The van der Waals surface area contributed by atoms with Crippen molar-refractivity contribution in [2.45, 2.75) is 13.8 Å². The van der Waals surface area contributed by atoms with Gasteiger partial charge in [-0.1, -0.05) is 36.4 Å². The summed E-state index contributed by atoms with van der Waals surface area (Å²) in [6.07, 6.45) is 0. The van der Waals surface area contributed by atoms with Crippen LogP contribution in [0.2, 0.25) is 0 Å². The summed E-state index contributed by atoms with van der Waals surface area (Å²) in [6, 6.07) is 14.7. The van der Waals surface area contributed by atoms with Gasteiger partial charge in [0, 0.05) is 4.57 Å². The highest BCUT2D eigenvalue weighted by molar-refractivity contribution is 7.34. The van der Waals surface area contributed by atoms with Crippen molar-refractivity contribution in [1.82, 2.24) is 0 Å². The molecule has 18 heavy (non-hydrogen) atoms. The topological polar surface area (TPSA) is 35.5 Å². The SMILES string of the molecule is Cc1cccc(C)c1O[P+](=O)Oc1ccccc1. The monoisotopic (exact) mass is 261 g/mol. The molecule has 0 radical (unpaired) electrons. The highest BCUT2D eigenvalue weighted by Gasteiger charge is 2.25. The van der Waals surface area contributed by atoms with Crippen LogP contribution in [0.4, 0.5) is 0 Å². The number of aryl methyl sites for hydroxylation is 2. The molecule has 0 amide bonds. The molecule has 0 heterocycles. The van der Waals surface area contributed by atoms with Gasteiger partial charge in [-0.2, -0.15) is 0 Å². The summed E-state index contributed by atoms with van der Waals surface area (Å²) in [5.41, 5.74) is 1.88. The minimum Gasteiger partial charge on any atom is -0.222 e.